The number of benzene rings is 1. The molecule has 0 saturated heterocycles. The summed E-state index contributed by atoms with van der Waals surface area (Å²) in [5.74, 6) is 1.31. The predicted molar refractivity (Wildman–Crippen MR) is 76.3 cm³/mol. The Bertz CT molecular complexity index is 459. The van der Waals surface area contributed by atoms with E-state index in [1.807, 2.05) is 18.2 Å². The zero-order valence-corrected chi connectivity index (χ0v) is 11.7. The summed E-state index contributed by atoms with van der Waals surface area (Å²) in [6, 6.07) is 7.51. The molecular formula is C13H17N3O2S. The molecule has 102 valence electrons. The van der Waals surface area contributed by atoms with Crippen molar-refractivity contribution < 1.29 is 9.53 Å². The summed E-state index contributed by atoms with van der Waals surface area (Å²) in [6.45, 7) is 2.50. The summed E-state index contributed by atoms with van der Waals surface area (Å²) >= 11 is 1.71. The zero-order valence-electron chi connectivity index (χ0n) is 10.9. The molecule has 0 fully saturated rings. The Morgan fingerprint density at radius 2 is 2.32 bits per heavy atom. The van der Waals surface area contributed by atoms with Gasteiger partial charge in [0.15, 0.2) is 0 Å². The quantitative estimate of drug-likeness (QED) is 0.136. The van der Waals surface area contributed by atoms with Gasteiger partial charge in [-0.3, -0.25) is 4.79 Å². The van der Waals surface area contributed by atoms with Crippen molar-refractivity contribution >= 4 is 17.7 Å². The highest BCUT2D eigenvalue weighted by Crippen LogP contribution is 2.22. The fourth-order valence-corrected chi connectivity index (χ4v) is 2.18. The summed E-state index contributed by atoms with van der Waals surface area (Å²) < 4.78 is 5.25. The second kappa shape index (κ2) is 9.30. The molecule has 0 heterocycles. The molecule has 0 aliphatic heterocycles. The molecule has 0 N–H and O–H groups in total. The number of unbranched alkanes of at least 4 members (excludes halogenated alkanes) is 1. The molecule has 1 rings (SSSR count). The number of rotatable bonds is 8. The largest absolute Gasteiger partial charge is 0.426 e. The molecule has 1 aromatic rings. The van der Waals surface area contributed by atoms with Crippen molar-refractivity contribution in [2.45, 2.75) is 31.1 Å². The highest BCUT2D eigenvalue weighted by atomic mass is 32.2. The van der Waals surface area contributed by atoms with Gasteiger partial charge in [-0.2, -0.15) is 0 Å². The number of ether oxygens (including phenoxy) is 1. The summed E-state index contributed by atoms with van der Waals surface area (Å²) in [4.78, 5) is 15.3. The van der Waals surface area contributed by atoms with E-state index >= 15 is 0 Å². The molecule has 0 aromatic heterocycles. The van der Waals surface area contributed by atoms with Gasteiger partial charge in [-0.05, 0) is 42.3 Å². The average Bonchev–Trinajstić information content (AvgIpc) is 2.39. The Kier molecular flexibility index (Phi) is 7.54. The van der Waals surface area contributed by atoms with Crippen LogP contribution in [0.3, 0.4) is 0 Å². The molecule has 0 radical (unpaired) electrons. The number of nitrogens with zero attached hydrogens (tertiary/aromatic N) is 3. The molecule has 0 atom stereocenters. The van der Waals surface area contributed by atoms with Crippen LogP contribution in [0.1, 0.15) is 26.2 Å². The first-order chi connectivity index (χ1) is 9.26. The van der Waals surface area contributed by atoms with Crippen LogP contribution >= 0.6 is 11.8 Å². The van der Waals surface area contributed by atoms with Crippen LogP contribution in [0.2, 0.25) is 0 Å². The van der Waals surface area contributed by atoms with Crippen molar-refractivity contribution in [2.75, 3.05) is 12.3 Å². The Morgan fingerprint density at radius 1 is 1.47 bits per heavy atom. The number of thioether (sulfide) groups is 1. The van der Waals surface area contributed by atoms with E-state index in [4.69, 9.17) is 10.3 Å². The molecule has 0 aliphatic rings. The molecule has 0 spiro atoms. The number of esters is 1. The molecule has 0 bridgehead atoms. The third kappa shape index (κ3) is 6.74. The molecule has 0 aliphatic carbocycles. The van der Waals surface area contributed by atoms with E-state index in [0.717, 1.165) is 10.6 Å². The first-order valence-corrected chi connectivity index (χ1v) is 7.19. The lowest BCUT2D eigenvalue weighted by Crippen LogP contribution is -2.07. The van der Waals surface area contributed by atoms with Crippen LogP contribution in [0.15, 0.2) is 34.3 Å². The number of azide groups is 1. The van der Waals surface area contributed by atoms with Crippen LogP contribution in [-0.2, 0) is 4.79 Å². The normalized spacial score (nSPS) is 9.74. The highest BCUT2D eigenvalue weighted by Gasteiger charge is 2.05. The van der Waals surface area contributed by atoms with Gasteiger partial charge in [0, 0.05) is 22.8 Å². The molecule has 1 aromatic carbocycles. The van der Waals surface area contributed by atoms with Crippen molar-refractivity contribution in [3.8, 4) is 5.75 Å². The predicted octanol–water partition coefficient (Wildman–Crippen LogP) is 4.18. The van der Waals surface area contributed by atoms with Crippen molar-refractivity contribution in [3.63, 3.8) is 0 Å². The second-order valence-corrected chi connectivity index (χ2v) is 5.13. The van der Waals surface area contributed by atoms with Gasteiger partial charge in [-0.25, -0.2) is 0 Å². The molecule has 6 heteroatoms. The minimum absolute atomic E-state index is 0.250. The standard InChI is InChI=1S/C13H17N3O2S/c1-2-19-12-7-5-6-11(10-12)18-13(17)8-3-4-9-15-16-14/h5-7,10H,2-4,8-9H2,1H3. The minimum Gasteiger partial charge on any atom is -0.426 e. The molecule has 0 unspecified atom stereocenters. The maximum absolute atomic E-state index is 11.6. The van der Waals surface area contributed by atoms with Gasteiger partial charge in [0.2, 0.25) is 0 Å². The van der Waals surface area contributed by atoms with Crippen LogP contribution < -0.4 is 4.74 Å². The fraction of sp³-hybridized carbons (Fsp3) is 0.462. The van der Waals surface area contributed by atoms with E-state index < -0.39 is 0 Å². The van der Waals surface area contributed by atoms with E-state index in [1.165, 1.54) is 0 Å². The monoisotopic (exact) mass is 279 g/mol. The van der Waals surface area contributed by atoms with E-state index in [9.17, 15) is 4.79 Å². The Morgan fingerprint density at radius 3 is 3.05 bits per heavy atom. The topological polar surface area (TPSA) is 75.1 Å². The van der Waals surface area contributed by atoms with Crippen LogP contribution in [0.25, 0.3) is 10.4 Å². The summed E-state index contributed by atoms with van der Waals surface area (Å²) in [5.41, 5.74) is 8.10. The fourth-order valence-electron chi connectivity index (χ4n) is 1.47. The molecule has 5 nitrogen and oxygen atoms in total. The van der Waals surface area contributed by atoms with Crippen LogP contribution in [0.4, 0.5) is 0 Å². The first-order valence-electron chi connectivity index (χ1n) is 6.20. The van der Waals surface area contributed by atoms with E-state index in [-0.39, 0.29) is 5.97 Å². The summed E-state index contributed by atoms with van der Waals surface area (Å²) in [6.07, 6.45) is 1.71. The van der Waals surface area contributed by atoms with Crippen LogP contribution in [-0.4, -0.2) is 18.3 Å². The number of hydrogen-bond donors (Lipinski definition) is 0. The number of carbonyl (C=O) groups excluding carboxylic acids is 1. The van der Waals surface area contributed by atoms with Crippen LogP contribution in [0.5, 0.6) is 5.75 Å². The second-order valence-electron chi connectivity index (χ2n) is 3.79. The van der Waals surface area contributed by atoms with E-state index in [0.29, 0.717) is 31.6 Å². The highest BCUT2D eigenvalue weighted by molar-refractivity contribution is 7.99. The van der Waals surface area contributed by atoms with Gasteiger partial charge in [0.1, 0.15) is 5.75 Å². The van der Waals surface area contributed by atoms with Gasteiger partial charge in [-0.15, -0.1) is 11.8 Å². The van der Waals surface area contributed by atoms with Gasteiger partial charge >= 0.3 is 5.97 Å². The summed E-state index contributed by atoms with van der Waals surface area (Å²) in [7, 11) is 0. The Hall–Kier alpha value is -1.65. The zero-order chi connectivity index (χ0) is 13.9. The molecule has 19 heavy (non-hydrogen) atoms. The third-order valence-corrected chi connectivity index (χ3v) is 3.18. The summed E-state index contributed by atoms with van der Waals surface area (Å²) in [5, 5.41) is 3.41. The Labute approximate surface area is 117 Å². The van der Waals surface area contributed by atoms with Crippen molar-refractivity contribution in [1.29, 1.82) is 0 Å². The smallest absolute Gasteiger partial charge is 0.311 e. The average molecular weight is 279 g/mol. The van der Waals surface area contributed by atoms with E-state index in [2.05, 4.69) is 16.9 Å². The lowest BCUT2D eigenvalue weighted by molar-refractivity contribution is -0.134. The van der Waals surface area contributed by atoms with Gasteiger partial charge in [0.25, 0.3) is 0 Å². The van der Waals surface area contributed by atoms with Gasteiger partial charge < -0.3 is 4.74 Å². The molecular weight excluding hydrogens is 262 g/mol. The van der Waals surface area contributed by atoms with Crippen molar-refractivity contribution in [3.05, 3.63) is 34.7 Å². The lowest BCUT2D eigenvalue weighted by Gasteiger charge is -2.05. The van der Waals surface area contributed by atoms with Crippen molar-refractivity contribution in [2.24, 2.45) is 5.11 Å². The Balaban J connectivity index is 2.35. The van der Waals surface area contributed by atoms with Gasteiger partial charge in [-0.1, -0.05) is 18.1 Å². The SMILES string of the molecule is CCSc1cccc(OC(=O)CCCCN=[N+]=[N-])c1. The maximum Gasteiger partial charge on any atom is 0.311 e. The number of hydrogen-bond acceptors (Lipinski definition) is 4. The third-order valence-electron chi connectivity index (χ3n) is 2.30. The van der Waals surface area contributed by atoms with Crippen molar-refractivity contribution in [1.82, 2.24) is 0 Å². The molecule has 0 saturated carbocycles. The minimum atomic E-state index is -0.250. The number of carbonyl (C=O) groups is 1. The van der Waals surface area contributed by atoms with Gasteiger partial charge in [0.05, 0.1) is 0 Å². The lowest BCUT2D eigenvalue weighted by atomic mass is 10.2. The molecule has 0 amide bonds. The van der Waals surface area contributed by atoms with E-state index in [1.54, 1.807) is 17.8 Å². The first kappa shape index (κ1) is 15.4. The maximum atomic E-state index is 11.6. The van der Waals surface area contributed by atoms with Crippen LogP contribution in [0, 0.1) is 0 Å².